The van der Waals surface area contributed by atoms with Gasteiger partial charge in [-0.3, -0.25) is 0 Å². The summed E-state index contributed by atoms with van der Waals surface area (Å²) in [6.45, 7) is 2.06. The Morgan fingerprint density at radius 2 is 1.71 bits per heavy atom. The highest BCUT2D eigenvalue weighted by atomic mass is 32.1. The fraction of sp³-hybridized carbons (Fsp3) is 0.0385. The van der Waals surface area contributed by atoms with Crippen molar-refractivity contribution in [2.24, 2.45) is 0 Å². The number of fused-ring (bicyclic) bond motifs is 1. The fourth-order valence-electron chi connectivity index (χ4n) is 3.43. The van der Waals surface area contributed by atoms with E-state index < -0.39 is 0 Å². The highest BCUT2D eigenvalue weighted by Gasteiger charge is 2.14. The van der Waals surface area contributed by atoms with Gasteiger partial charge in [0.15, 0.2) is 0 Å². The molecule has 0 fully saturated rings. The van der Waals surface area contributed by atoms with Crippen molar-refractivity contribution < 1.29 is 0 Å². The third-order valence-corrected chi connectivity index (χ3v) is 6.10. The van der Waals surface area contributed by atoms with Gasteiger partial charge in [0.05, 0.1) is 27.2 Å². The molecule has 0 unspecified atom stereocenters. The van der Waals surface area contributed by atoms with Crippen molar-refractivity contribution in [3.8, 4) is 23.0 Å². The van der Waals surface area contributed by atoms with Gasteiger partial charge >= 0.3 is 0 Å². The molecule has 0 amide bonds. The number of rotatable bonds is 4. The number of benzene rings is 3. The van der Waals surface area contributed by atoms with E-state index in [1.54, 1.807) is 0 Å². The molecule has 0 atom stereocenters. The van der Waals surface area contributed by atoms with E-state index in [2.05, 4.69) is 42.2 Å². The van der Waals surface area contributed by atoms with Crippen LogP contribution in [0.2, 0.25) is 0 Å². The van der Waals surface area contributed by atoms with Crippen LogP contribution in [0, 0.1) is 18.3 Å². The lowest BCUT2D eigenvalue weighted by Crippen LogP contribution is -1.93. The van der Waals surface area contributed by atoms with Gasteiger partial charge in [0.1, 0.15) is 11.1 Å². The minimum Gasteiger partial charge on any atom is -0.240 e. The summed E-state index contributed by atoms with van der Waals surface area (Å²) in [5, 5.41) is 15.5. The number of nitriles is 1. The lowest BCUT2D eigenvalue weighted by molar-refractivity contribution is 0.884. The Morgan fingerprint density at radius 1 is 0.968 bits per heavy atom. The SMILES string of the molecule is Cc1ccc(-c2nn(-c3ccccc3)cc2/C=C(\C#N)c2nc3ccccc3s2)cc1. The van der Waals surface area contributed by atoms with Gasteiger partial charge in [-0.25, -0.2) is 9.67 Å². The van der Waals surface area contributed by atoms with Gasteiger partial charge in [0.25, 0.3) is 0 Å². The zero-order valence-corrected chi connectivity index (χ0v) is 17.7. The van der Waals surface area contributed by atoms with Crippen LogP contribution < -0.4 is 0 Å². The van der Waals surface area contributed by atoms with Gasteiger partial charge in [-0.1, -0.05) is 60.2 Å². The summed E-state index contributed by atoms with van der Waals surface area (Å²) >= 11 is 1.53. The van der Waals surface area contributed by atoms with E-state index in [-0.39, 0.29) is 0 Å². The van der Waals surface area contributed by atoms with Crippen LogP contribution in [-0.2, 0) is 0 Å². The van der Waals surface area contributed by atoms with Crippen molar-refractivity contribution in [2.75, 3.05) is 0 Å². The zero-order valence-electron chi connectivity index (χ0n) is 16.9. The first-order valence-electron chi connectivity index (χ1n) is 9.91. The molecule has 0 saturated carbocycles. The summed E-state index contributed by atoms with van der Waals surface area (Å²) in [5.74, 6) is 0. The molecular weight excluding hydrogens is 400 g/mol. The standard InChI is InChI=1S/C26H18N4S/c1-18-11-13-19(14-12-18)25-21(17-30(29-25)22-7-3-2-4-8-22)15-20(16-27)26-28-23-9-5-6-10-24(23)31-26/h2-15,17H,1H3/b20-15+. The smallest absolute Gasteiger partial charge is 0.135 e. The number of hydrogen-bond acceptors (Lipinski definition) is 4. The second-order valence-corrected chi connectivity index (χ2v) is 8.27. The molecule has 31 heavy (non-hydrogen) atoms. The van der Waals surface area contributed by atoms with Crippen LogP contribution in [0.3, 0.4) is 0 Å². The number of aromatic nitrogens is 3. The summed E-state index contributed by atoms with van der Waals surface area (Å²) in [5.41, 5.74) is 6.31. The topological polar surface area (TPSA) is 54.5 Å². The Kier molecular flexibility index (Phi) is 4.91. The number of para-hydroxylation sites is 2. The molecule has 0 aliphatic heterocycles. The fourth-order valence-corrected chi connectivity index (χ4v) is 4.36. The highest BCUT2D eigenvalue weighted by Crippen LogP contribution is 2.31. The Hall–Kier alpha value is -4.01. The first-order chi connectivity index (χ1) is 15.2. The number of thiazole rings is 1. The lowest BCUT2D eigenvalue weighted by Gasteiger charge is -2.01. The van der Waals surface area contributed by atoms with Crippen LogP contribution in [-0.4, -0.2) is 14.8 Å². The molecule has 5 heteroatoms. The quantitative estimate of drug-likeness (QED) is 0.312. The Bertz CT molecular complexity index is 1400. The van der Waals surface area contributed by atoms with E-state index >= 15 is 0 Å². The summed E-state index contributed by atoms with van der Waals surface area (Å²) in [4.78, 5) is 4.66. The molecule has 0 saturated heterocycles. The number of hydrogen-bond donors (Lipinski definition) is 0. The van der Waals surface area contributed by atoms with E-state index in [9.17, 15) is 5.26 Å². The number of nitrogens with zero attached hydrogens (tertiary/aromatic N) is 4. The van der Waals surface area contributed by atoms with Gasteiger partial charge in [-0.2, -0.15) is 10.4 Å². The normalized spacial score (nSPS) is 11.5. The number of allylic oxidation sites excluding steroid dienone is 1. The van der Waals surface area contributed by atoms with Gasteiger partial charge < -0.3 is 0 Å². The molecule has 5 aromatic rings. The van der Waals surface area contributed by atoms with Crippen molar-refractivity contribution in [1.82, 2.24) is 14.8 Å². The van der Waals surface area contributed by atoms with E-state index in [1.807, 2.05) is 71.6 Å². The summed E-state index contributed by atoms with van der Waals surface area (Å²) in [6.07, 6.45) is 3.86. The van der Waals surface area contributed by atoms with E-state index in [4.69, 9.17) is 5.10 Å². The van der Waals surface area contributed by atoms with Crippen molar-refractivity contribution in [3.63, 3.8) is 0 Å². The first-order valence-corrected chi connectivity index (χ1v) is 10.7. The van der Waals surface area contributed by atoms with Crippen molar-refractivity contribution in [3.05, 3.63) is 101 Å². The van der Waals surface area contributed by atoms with E-state index in [0.717, 1.165) is 32.7 Å². The Labute approximate surface area is 184 Å². The number of aryl methyl sites for hydroxylation is 1. The van der Waals surface area contributed by atoms with Gasteiger partial charge in [-0.05, 0) is 37.3 Å². The molecule has 4 nitrogen and oxygen atoms in total. The molecular formula is C26H18N4S. The first kappa shape index (κ1) is 19.0. The second kappa shape index (κ2) is 8.02. The van der Waals surface area contributed by atoms with Crippen molar-refractivity contribution >= 4 is 33.2 Å². The molecule has 3 aromatic carbocycles. The average Bonchev–Trinajstić information content (AvgIpc) is 3.43. The maximum Gasteiger partial charge on any atom is 0.135 e. The molecule has 0 bridgehead atoms. The average molecular weight is 419 g/mol. The monoisotopic (exact) mass is 418 g/mol. The van der Waals surface area contributed by atoms with Crippen LogP contribution in [0.25, 0.3) is 38.8 Å². The van der Waals surface area contributed by atoms with Crippen LogP contribution in [0.4, 0.5) is 0 Å². The molecule has 5 rings (SSSR count). The van der Waals surface area contributed by atoms with Crippen LogP contribution in [0.1, 0.15) is 16.1 Å². The second-order valence-electron chi connectivity index (χ2n) is 7.24. The molecule has 0 N–H and O–H groups in total. The Morgan fingerprint density at radius 3 is 2.45 bits per heavy atom. The molecule has 2 aromatic heterocycles. The summed E-state index contributed by atoms with van der Waals surface area (Å²) in [6, 6.07) is 28.5. The molecule has 0 radical (unpaired) electrons. The molecule has 0 aliphatic rings. The predicted molar refractivity (Wildman–Crippen MR) is 127 cm³/mol. The third-order valence-electron chi connectivity index (χ3n) is 5.03. The predicted octanol–water partition coefficient (Wildman–Crippen LogP) is 6.52. The molecule has 0 spiro atoms. The highest BCUT2D eigenvalue weighted by molar-refractivity contribution is 7.19. The Balaban J connectivity index is 1.66. The zero-order chi connectivity index (χ0) is 21.2. The van der Waals surface area contributed by atoms with Crippen molar-refractivity contribution in [1.29, 1.82) is 5.26 Å². The summed E-state index contributed by atoms with van der Waals surface area (Å²) in [7, 11) is 0. The van der Waals surface area contributed by atoms with Crippen molar-refractivity contribution in [2.45, 2.75) is 6.92 Å². The molecule has 0 aliphatic carbocycles. The van der Waals surface area contributed by atoms with E-state index in [1.165, 1.54) is 16.9 Å². The van der Waals surface area contributed by atoms with Gasteiger partial charge in [0, 0.05) is 17.3 Å². The maximum atomic E-state index is 9.91. The summed E-state index contributed by atoms with van der Waals surface area (Å²) < 4.78 is 2.92. The minimum absolute atomic E-state index is 0.530. The third kappa shape index (κ3) is 3.77. The lowest BCUT2D eigenvalue weighted by atomic mass is 10.0. The van der Waals surface area contributed by atoms with Crippen LogP contribution >= 0.6 is 11.3 Å². The minimum atomic E-state index is 0.530. The van der Waals surface area contributed by atoms with Gasteiger partial charge in [-0.15, -0.1) is 11.3 Å². The van der Waals surface area contributed by atoms with Gasteiger partial charge in [0.2, 0.25) is 0 Å². The van der Waals surface area contributed by atoms with Crippen LogP contribution in [0.15, 0.2) is 85.1 Å². The van der Waals surface area contributed by atoms with E-state index in [0.29, 0.717) is 10.6 Å². The maximum absolute atomic E-state index is 9.91. The molecule has 2 heterocycles. The molecule has 148 valence electrons. The largest absolute Gasteiger partial charge is 0.240 e. The van der Waals surface area contributed by atoms with Crippen LogP contribution in [0.5, 0.6) is 0 Å².